The Labute approximate surface area is 82.1 Å². The van der Waals surface area contributed by atoms with Gasteiger partial charge in [0.1, 0.15) is 5.76 Å². The molecule has 0 amide bonds. The first-order valence-corrected chi connectivity index (χ1v) is 4.63. The Kier molecular flexibility index (Phi) is 2.29. The van der Waals surface area contributed by atoms with Gasteiger partial charge >= 0.3 is 11.9 Å². The van der Waals surface area contributed by atoms with Crippen molar-refractivity contribution in [1.82, 2.24) is 0 Å². The maximum atomic E-state index is 11.2. The summed E-state index contributed by atoms with van der Waals surface area (Å²) in [6.45, 7) is 4.18. The molecule has 1 saturated heterocycles. The van der Waals surface area contributed by atoms with E-state index in [1.54, 1.807) is 0 Å². The van der Waals surface area contributed by atoms with Gasteiger partial charge < -0.3 is 14.2 Å². The topological polar surface area (TPSA) is 44.8 Å². The molecule has 2 rings (SSSR count). The van der Waals surface area contributed by atoms with E-state index in [9.17, 15) is 4.79 Å². The molecule has 76 valence electrons. The number of rotatable bonds is 0. The SMILES string of the molecule is C=C1C=CC(=O)OC2(CCCCO2)O1. The lowest BCUT2D eigenvalue weighted by molar-refractivity contribution is -0.357. The molecular weight excluding hydrogens is 184 g/mol. The third kappa shape index (κ3) is 1.80. The zero-order valence-electron chi connectivity index (χ0n) is 7.82. The summed E-state index contributed by atoms with van der Waals surface area (Å²) in [6.07, 6.45) is 5.20. The highest BCUT2D eigenvalue weighted by Crippen LogP contribution is 2.31. The second-order valence-electron chi connectivity index (χ2n) is 3.31. The molecule has 2 aliphatic heterocycles. The molecule has 0 N–H and O–H groups in total. The van der Waals surface area contributed by atoms with Gasteiger partial charge in [-0.3, -0.25) is 0 Å². The van der Waals surface area contributed by atoms with Gasteiger partial charge in [0.25, 0.3) is 0 Å². The summed E-state index contributed by atoms with van der Waals surface area (Å²) >= 11 is 0. The zero-order valence-corrected chi connectivity index (χ0v) is 7.82. The van der Waals surface area contributed by atoms with Crippen molar-refractivity contribution >= 4 is 5.97 Å². The molecule has 0 radical (unpaired) electrons. The fourth-order valence-corrected chi connectivity index (χ4v) is 1.51. The highest BCUT2D eigenvalue weighted by molar-refractivity contribution is 5.82. The number of allylic oxidation sites excluding steroid dienone is 1. The molecular formula is C10H12O4. The maximum Gasteiger partial charge on any atom is 0.373 e. The van der Waals surface area contributed by atoms with Crippen LogP contribution in [-0.4, -0.2) is 18.5 Å². The van der Waals surface area contributed by atoms with Gasteiger partial charge in [-0.2, -0.15) is 0 Å². The standard InChI is InChI=1S/C10H12O4/c1-8-4-5-9(11)14-10(13-8)6-2-3-7-12-10/h4-5H,1-3,6-7H2. The zero-order chi connectivity index (χ0) is 10.0. The normalized spacial score (nSPS) is 32.3. The van der Waals surface area contributed by atoms with Crippen LogP contribution in [0.5, 0.6) is 0 Å². The van der Waals surface area contributed by atoms with E-state index in [0.29, 0.717) is 18.8 Å². The summed E-state index contributed by atoms with van der Waals surface area (Å²) in [5.74, 6) is -1.29. The van der Waals surface area contributed by atoms with Crippen LogP contribution in [0.2, 0.25) is 0 Å². The molecule has 2 heterocycles. The molecule has 2 aliphatic rings. The average Bonchev–Trinajstić information content (AvgIpc) is 2.27. The van der Waals surface area contributed by atoms with Gasteiger partial charge in [-0.1, -0.05) is 6.58 Å². The molecule has 0 saturated carbocycles. The number of carbonyl (C=O) groups is 1. The molecule has 4 nitrogen and oxygen atoms in total. The fourth-order valence-electron chi connectivity index (χ4n) is 1.51. The minimum Gasteiger partial charge on any atom is -0.430 e. The van der Waals surface area contributed by atoms with Crippen LogP contribution in [0.1, 0.15) is 19.3 Å². The Bertz CT molecular complexity index is 264. The average molecular weight is 196 g/mol. The monoisotopic (exact) mass is 196 g/mol. The van der Waals surface area contributed by atoms with Gasteiger partial charge in [0.2, 0.25) is 0 Å². The van der Waals surface area contributed by atoms with Crippen molar-refractivity contribution in [2.45, 2.75) is 25.2 Å². The van der Waals surface area contributed by atoms with Crippen molar-refractivity contribution in [3.05, 3.63) is 24.5 Å². The summed E-state index contributed by atoms with van der Waals surface area (Å²) in [6, 6.07) is 0. The van der Waals surface area contributed by atoms with E-state index in [1.165, 1.54) is 12.2 Å². The van der Waals surface area contributed by atoms with E-state index in [4.69, 9.17) is 14.2 Å². The molecule has 0 aromatic heterocycles. The smallest absolute Gasteiger partial charge is 0.373 e. The highest BCUT2D eigenvalue weighted by Gasteiger charge is 2.41. The Morgan fingerprint density at radius 2 is 2.14 bits per heavy atom. The quantitative estimate of drug-likeness (QED) is 0.550. The summed E-state index contributed by atoms with van der Waals surface area (Å²) in [7, 11) is 0. The molecule has 14 heavy (non-hydrogen) atoms. The number of ether oxygens (including phenoxy) is 3. The van der Waals surface area contributed by atoms with Crippen molar-refractivity contribution in [2.75, 3.05) is 6.61 Å². The molecule has 4 heteroatoms. The van der Waals surface area contributed by atoms with Crippen molar-refractivity contribution < 1.29 is 19.0 Å². The predicted molar refractivity (Wildman–Crippen MR) is 48.0 cm³/mol. The van der Waals surface area contributed by atoms with Gasteiger partial charge in [0.05, 0.1) is 13.0 Å². The molecule has 0 aromatic rings. The van der Waals surface area contributed by atoms with Crippen LogP contribution in [0.25, 0.3) is 0 Å². The minimum absolute atomic E-state index is 0.387. The lowest BCUT2D eigenvalue weighted by Gasteiger charge is -2.34. The Hall–Kier alpha value is -1.29. The van der Waals surface area contributed by atoms with E-state index >= 15 is 0 Å². The van der Waals surface area contributed by atoms with Gasteiger partial charge in [-0.05, 0) is 18.9 Å². The molecule has 1 fully saturated rings. The van der Waals surface area contributed by atoms with Crippen LogP contribution in [0.4, 0.5) is 0 Å². The molecule has 1 unspecified atom stereocenters. The first-order valence-electron chi connectivity index (χ1n) is 4.63. The highest BCUT2D eigenvalue weighted by atomic mass is 16.9. The maximum absolute atomic E-state index is 11.2. The molecule has 0 bridgehead atoms. The van der Waals surface area contributed by atoms with Crippen LogP contribution in [0, 0.1) is 0 Å². The van der Waals surface area contributed by atoms with Gasteiger partial charge in [-0.15, -0.1) is 0 Å². The van der Waals surface area contributed by atoms with Crippen LogP contribution in [-0.2, 0) is 19.0 Å². The first-order chi connectivity index (χ1) is 6.70. The van der Waals surface area contributed by atoms with Gasteiger partial charge in [-0.25, -0.2) is 4.79 Å². The van der Waals surface area contributed by atoms with Crippen LogP contribution in [0.3, 0.4) is 0 Å². The largest absolute Gasteiger partial charge is 0.430 e. The lowest BCUT2D eigenvalue weighted by atomic mass is 10.2. The Morgan fingerprint density at radius 1 is 1.29 bits per heavy atom. The number of carbonyl (C=O) groups excluding carboxylic acids is 1. The van der Waals surface area contributed by atoms with Crippen LogP contribution < -0.4 is 0 Å². The van der Waals surface area contributed by atoms with Gasteiger partial charge in [0.15, 0.2) is 0 Å². The summed E-state index contributed by atoms with van der Waals surface area (Å²) in [5.41, 5.74) is 0. The predicted octanol–water partition coefficient (Wildman–Crippen LogP) is 1.48. The third-order valence-electron chi connectivity index (χ3n) is 2.15. The number of hydrogen-bond acceptors (Lipinski definition) is 4. The number of esters is 1. The minimum atomic E-state index is -1.23. The Morgan fingerprint density at radius 3 is 2.86 bits per heavy atom. The van der Waals surface area contributed by atoms with E-state index < -0.39 is 11.9 Å². The van der Waals surface area contributed by atoms with E-state index in [-0.39, 0.29) is 0 Å². The Balaban J connectivity index is 2.17. The van der Waals surface area contributed by atoms with Crippen LogP contribution >= 0.6 is 0 Å². The van der Waals surface area contributed by atoms with Crippen molar-refractivity contribution in [3.8, 4) is 0 Å². The molecule has 1 atom stereocenters. The van der Waals surface area contributed by atoms with Crippen LogP contribution in [0.15, 0.2) is 24.5 Å². The fraction of sp³-hybridized carbons (Fsp3) is 0.500. The molecule has 0 aliphatic carbocycles. The summed E-state index contributed by atoms with van der Waals surface area (Å²) < 4.78 is 15.8. The van der Waals surface area contributed by atoms with Crippen molar-refractivity contribution in [1.29, 1.82) is 0 Å². The van der Waals surface area contributed by atoms with E-state index in [0.717, 1.165) is 12.8 Å². The molecule has 0 aromatic carbocycles. The second-order valence-corrected chi connectivity index (χ2v) is 3.31. The second kappa shape index (κ2) is 3.46. The lowest BCUT2D eigenvalue weighted by Crippen LogP contribution is -2.42. The van der Waals surface area contributed by atoms with Gasteiger partial charge in [0, 0.05) is 6.08 Å². The van der Waals surface area contributed by atoms with Crippen molar-refractivity contribution in [2.24, 2.45) is 0 Å². The van der Waals surface area contributed by atoms with E-state index in [2.05, 4.69) is 6.58 Å². The molecule has 1 spiro atoms. The van der Waals surface area contributed by atoms with E-state index in [1.807, 2.05) is 0 Å². The number of hydrogen-bond donors (Lipinski definition) is 0. The summed E-state index contributed by atoms with van der Waals surface area (Å²) in [4.78, 5) is 11.2. The van der Waals surface area contributed by atoms with Crippen molar-refractivity contribution in [3.63, 3.8) is 0 Å². The summed E-state index contributed by atoms with van der Waals surface area (Å²) in [5, 5.41) is 0. The first kappa shape index (κ1) is 9.27. The third-order valence-corrected chi connectivity index (χ3v) is 2.15.